The SMILES string of the molecule is CCOC(C)O[C@@H](C(=O)O[C@H]1C[C@@]2(O)[C@@H](OC(=O)c3ccccc3)[C@@H]3[C@]4(OC(C)=O)CO[C@@H]4C[C@H](O)[C@@]3(C)[C@@H](OC)[C@H](OC(C)=O)C(=C1C)C2(C)C)[C@@H](NC(=O)c1ccccc1)c1ccccc1. The summed E-state index contributed by atoms with van der Waals surface area (Å²) in [5.41, 5.74) is -5.49. The predicted octanol–water partition coefficient (Wildman–Crippen LogP) is 5.59. The number of aliphatic hydroxyl groups is 2. The first-order chi connectivity index (χ1) is 32.2. The number of benzene rings is 3. The van der Waals surface area contributed by atoms with Gasteiger partial charge in [0.05, 0.1) is 30.2 Å². The quantitative estimate of drug-likeness (QED) is 0.0734. The monoisotopic (exact) mass is 941 g/mol. The molecule has 1 heterocycles. The Morgan fingerprint density at radius 1 is 0.838 bits per heavy atom. The van der Waals surface area contributed by atoms with Gasteiger partial charge in [-0.2, -0.15) is 0 Å². The summed E-state index contributed by atoms with van der Waals surface area (Å²) in [6, 6.07) is 24.2. The molecule has 2 bridgehead atoms. The van der Waals surface area contributed by atoms with E-state index in [4.69, 9.17) is 37.9 Å². The number of aliphatic hydroxyl groups excluding tert-OH is 1. The third kappa shape index (κ3) is 8.98. The summed E-state index contributed by atoms with van der Waals surface area (Å²) >= 11 is 0. The van der Waals surface area contributed by atoms with E-state index in [2.05, 4.69) is 5.32 Å². The molecule has 3 aromatic carbocycles. The second-order valence-electron chi connectivity index (χ2n) is 18.9. The van der Waals surface area contributed by atoms with Crippen molar-refractivity contribution in [2.75, 3.05) is 20.3 Å². The zero-order valence-corrected chi connectivity index (χ0v) is 40.0. The van der Waals surface area contributed by atoms with Crippen LogP contribution in [0.15, 0.2) is 102 Å². The van der Waals surface area contributed by atoms with Gasteiger partial charge in [0.25, 0.3) is 5.91 Å². The van der Waals surface area contributed by atoms with Crippen molar-refractivity contribution in [3.8, 4) is 0 Å². The summed E-state index contributed by atoms with van der Waals surface area (Å²) in [5.74, 6) is -5.07. The molecule has 1 amide bonds. The summed E-state index contributed by atoms with van der Waals surface area (Å²) in [6.07, 6.45) is -11.0. The maximum absolute atomic E-state index is 15.2. The molecule has 0 spiro atoms. The Balaban J connectivity index is 1.44. The maximum Gasteiger partial charge on any atom is 0.338 e. The molecular weight excluding hydrogens is 879 g/mol. The minimum absolute atomic E-state index is 0.0582. The molecule has 1 unspecified atom stereocenters. The summed E-state index contributed by atoms with van der Waals surface area (Å²) in [5, 5.41) is 29.5. The van der Waals surface area contributed by atoms with Gasteiger partial charge in [-0.3, -0.25) is 14.4 Å². The Morgan fingerprint density at radius 3 is 1.99 bits per heavy atom. The average molecular weight is 942 g/mol. The van der Waals surface area contributed by atoms with Crippen molar-refractivity contribution in [3.05, 3.63) is 119 Å². The van der Waals surface area contributed by atoms with E-state index >= 15 is 4.79 Å². The highest BCUT2D eigenvalue weighted by Gasteiger charge is 2.78. The van der Waals surface area contributed by atoms with Crippen LogP contribution in [-0.2, 0) is 52.3 Å². The second-order valence-corrected chi connectivity index (χ2v) is 18.9. The normalized spacial score (nSPS) is 31.7. The first-order valence-corrected chi connectivity index (χ1v) is 23.0. The van der Waals surface area contributed by atoms with Gasteiger partial charge in [-0.05, 0) is 61.7 Å². The van der Waals surface area contributed by atoms with Crippen LogP contribution < -0.4 is 5.32 Å². The molecule has 0 radical (unpaired) electrons. The fourth-order valence-corrected chi connectivity index (χ4v) is 11.4. The van der Waals surface area contributed by atoms with Gasteiger partial charge >= 0.3 is 23.9 Å². The minimum Gasteiger partial charge on any atom is -0.456 e. The molecule has 366 valence electrons. The molecule has 13 atom stereocenters. The van der Waals surface area contributed by atoms with Gasteiger partial charge in [-0.15, -0.1) is 0 Å². The molecule has 2 saturated carbocycles. The molecule has 7 rings (SSSR count). The van der Waals surface area contributed by atoms with Crippen molar-refractivity contribution in [3.63, 3.8) is 0 Å². The van der Waals surface area contributed by atoms with E-state index in [0.717, 1.165) is 0 Å². The lowest BCUT2D eigenvalue weighted by Gasteiger charge is -2.69. The van der Waals surface area contributed by atoms with E-state index in [9.17, 15) is 29.4 Å². The molecule has 16 heteroatoms. The van der Waals surface area contributed by atoms with Crippen molar-refractivity contribution in [1.82, 2.24) is 5.32 Å². The fourth-order valence-electron chi connectivity index (χ4n) is 11.4. The van der Waals surface area contributed by atoms with Crippen molar-refractivity contribution >= 4 is 29.8 Å². The van der Waals surface area contributed by atoms with Crippen LogP contribution in [0.2, 0.25) is 0 Å². The molecule has 3 N–H and O–H groups in total. The predicted molar refractivity (Wildman–Crippen MR) is 243 cm³/mol. The number of methoxy groups -OCH3 is 1. The molecule has 68 heavy (non-hydrogen) atoms. The average Bonchev–Trinajstić information content (AvgIpc) is 3.30. The number of nitrogens with one attached hydrogen (secondary N) is 1. The van der Waals surface area contributed by atoms with Crippen LogP contribution in [0.4, 0.5) is 0 Å². The molecular formula is C52H63NO15. The zero-order chi connectivity index (χ0) is 49.3. The molecule has 1 saturated heterocycles. The van der Waals surface area contributed by atoms with Crippen LogP contribution in [0.3, 0.4) is 0 Å². The van der Waals surface area contributed by atoms with Gasteiger partial charge in [-0.25, -0.2) is 9.59 Å². The number of hydrogen-bond acceptors (Lipinski definition) is 15. The van der Waals surface area contributed by atoms with Crippen molar-refractivity contribution in [2.45, 2.75) is 134 Å². The number of fused-ring (bicyclic) bond motifs is 5. The van der Waals surface area contributed by atoms with E-state index in [1.165, 1.54) is 21.0 Å². The van der Waals surface area contributed by atoms with Crippen molar-refractivity contribution in [2.24, 2.45) is 16.7 Å². The van der Waals surface area contributed by atoms with Crippen LogP contribution in [0, 0.1) is 16.7 Å². The number of hydrogen-bond donors (Lipinski definition) is 3. The second kappa shape index (κ2) is 19.9. The summed E-state index contributed by atoms with van der Waals surface area (Å²) in [4.78, 5) is 70.3. The van der Waals surface area contributed by atoms with E-state index in [0.29, 0.717) is 16.7 Å². The topological polar surface area (TPSA) is 212 Å². The van der Waals surface area contributed by atoms with Crippen molar-refractivity contribution in [1.29, 1.82) is 0 Å². The minimum atomic E-state index is -2.29. The first kappa shape index (κ1) is 50.4. The molecule has 3 aliphatic carbocycles. The highest BCUT2D eigenvalue weighted by Crippen LogP contribution is 2.66. The lowest BCUT2D eigenvalue weighted by atomic mass is 9.44. The van der Waals surface area contributed by atoms with Crippen LogP contribution >= 0.6 is 0 Å². The van der Waals surface area contributed by atoms with Gasteiger partial charge in [0.15, 0.2) is 24.1 Å². The number of carbonyl (C=O) groups excluding carboxylic acids is 5. The molecule has 16 nitrogen and oxygen atoms in total. The number of amides is 1. The summed E-state index contributed by atoms with van der Waals surface area (Å²) in [7, 11) is 1.38. The van der Waals surface area contributed by atoms with Crippen LogP contribution in [0.5, 0.6) is 0 Å². The van der Waals surface area contributed by atoms with Crippen LogP contribution in [0.1, 0.15) is 101 Å². The van der Waals surface area contributed by atoms with Gasteiger partial charge < -0.3 is 53.4 Å². The smallest absolute Gasteiger partial charge is 0.338 e. The zero-order valence-electron chi connectivity index (χ0n) is 40.0. The number of ether oxygens (including phenoxy) is 8. The van der Waals surface area contributed by atoms with Crippen LogP contribution in [-0.4, -0.2) is 121 Å². The lowest BCUT2D eigenvalue weighted by molar-refractivity contribution is -0.366. The van der Waals surface area contributed by atoms with Crippen molar-refractivity contribution < 1.29 is 72.1 Å². The highest BCUT2D eigenvalue weighted by molar-refractivity contribution is 5.95. The number of rotatable bonds is 15. The Hall–Kier alpha value is -5.49. The van der Waals surface area contributed by atoms with E-state index in [1.807, 2.05) is 0 Å². The number of carbonyl (C=O) groups is 5. The fraction of sp³-hybridized carbons (Fsp3) is 0.519. The molecule has 3 aromatic rings. The third-order valence-electron chi connectivity index (χ3n) is 14.7. The van der Waals surface area contributed by atoms with Gasteiger partial charge in [0.1, 0.15) is 30.0 Å². The standard InChI is InChI=1S/C52H63NO15/c1-10-62-32(5)65-42(40(33-20-14-11-15-21-33)53-46(57)34-22-16-12-17-23-34)48(59)66-36-27-52(60)45(67-47(58)35-24-18-13-19-25-35)43-50(8,37(56)26-38-51(43,28-63-38)68-31(4)55)44(61-9)41(64-30(3)54)39(29(36)2)49(52,6)7/h11-25,32,36-38,40-45,56,60H,10,26-28H2,1-9H3,(H,53,57)/t32?,36-,37-,38+,40-,41+,42+,43-,44-,45-,50+,51-,52+/m0/s1. The Kier molecular flexibility index (Phi) is 14.7. The maximum atomic E-state index is 15.2. The molecule has 4 aliphatic rings. The van der Waals surface area contributed by atoms with E-state index in [-0.39, 0.29) is 30.8 Å². The Morgan fingerprint density at radius 2 is 1.44 bits per heavy atom. The van der Waals surface area contributed by atoms with Crippen LogP contribution in [0.25, 0.3) is 0 Å². The van der Waals surface area contributed by atoms with Gasteiger partial charge in [0.2, 0.25) is 0 Å². The van der Waals surface area contributed by atoms with Gasteiger partial charge in [0, 0.05) is 56.8 Å². The van der Waals surface area contributed by atoms with E-state index < -0.39 is 119 Å². The molecule has 0 aromatic heterocycles. The summed E-state index contributed by atoms with van der Waals surface area (Å²) in [6.45, 7) is 12.6. The molecule has 1 aliphatic heterocycles. The largest absolute Gasteiger partial charge is 0.456 e. The highest BCUT2D eigenvalue weighted by atomic mass is 16.7. The number of esters is 4. The van der Waals surface area contributed by atoms with Gasteiger partial charge in [-0.1, -0.05) is 87.5 Å². The molecule has 3 fully saturated rings. The van der Waals surface area contributed by atoms with E-state index in [1.54, 1.807) is 133 Å². The third-order valence-corrected chi connectivity index (χ3v) is 14.7. The Bertz CT molecular complexity index is 2360. The summed E-state index contributed by atoms with van der Waals surface area (Å²) < 4.78 is 50.2. The first-order valence-electron chi connectivity index (χ1n) is 23.0. The lowest BCUT2D eigenvalue weighted by Crippen LogP contribution is -2.82. The Labute approximate surface area is 396 Å².